The molecule has 3 aromatic rings. The van der Waals surface area contributed by atoms with Crippen LogP contribution in [0.25, 0.3) is 20.8 Å². The number of nitrogens with zero attached hydrogens (tertiary/aromatic N) is 1. The van der Waals surface area contributed by atoms with Gasteiger partial charge in [0.15, 0.2) is 0 Å². The molecule has 0 unspecified atom stereocenters. The number of amides is 1. The highest BCUT2D eigenvalue weighted by Crippen LogP contribution is 2.31. The number of aromatic nitrogens is 1. The molecule has 3 rings (SSSR count). The lowest BCUT2D eigenvalue weighted by Gasteiger charge is -2.02. The predicted octanol–water partition coefficient (Wildman–Crippen LogP) is 4.58. The third-order valence-corrected chi connectivity index (χ3v) is 4.12. The highest BCUT2D eigenvalue weighted by Gasteiger charge is 2.07. The molecule has 0 atom stereocenters. The summed E-state index contributed by atoms with van der Waals surface area (Å²) in [6.07, 6.45) is 0. The number of thiazole rings is 1. The maximum absolute atomic E-state index is 11.0. The quantitative estimate of drug-likeness (QED) is 0.753. The SMILES string of the molecule is CC(=O)Nc1ccc(-c2nc3cc(Cl)ccc3s2)cc1. The minimum absolute atomic E-state index is 0.0765. The summed E-state index contributed by atoms with van der Waals surface area (Å²) in [6, 6.07) is 13.3. The Kier molecular flexibility index (Phi) is 3.42. The van der Waals surface area contributed by atoms with Gasteiger partial charge in [-0.2, -0.15) is 0 Å². The van der Waals surface area contributed by atoms with Crippen molar-refractivity contribution in [2.75, 3.05) is 5.32 Å². The Hall–Kier alpha value is -1.91. The van der Waals surface area contributed by atoms with Gasteiger partial charge < -0.3 is 5.32 Å². The molecule has 0 bridgehead atoms. The van der Waals surface area contributed by atoms with Gasteiger partial charge in [-0.15, -0.1) is 11.3 Å². The second-order valence-electron chi connectivity index (χ2n) is 4.39. The van der Waals surface area contributed by atoms with Gasteiger partial charge in [0.25, 0.3) is 0 Å². The van der Waals surface area contributed by atoms with Crippen LogP contribution in [0.5, 0.6) is 0 Å². The Labute approximate surface area is 125 Å². The normalized spacial score (nSPS) is 10.7. The second-order valence-corrected chi connectivity index (χ2v) is 5.86. The smallest absolute Gasteiger partial charge is 0.221 e. The number of rotatable bonds is 2. The molecule has 1 heterocycles. The van der Waals surface area contributed by atoms with Crippen LogP contribution in [-0.4, -0.2) is 10.9 Å². The third-order valence-electron chi connectivity index (χ3n) is 2.80. The minimum atomic E-state index is -0.0765. The molecule has 1 aromatic heterocycles. The molecule has 3 nitrogen and oxygen atoms in total. The van der Waals surface area contributed by atoms with E-state index in [1.807, 2.05) is 42.5 Å². The molecule has 0 saturated heterocycles. The molecule has 5 heteroatoms. The molecule has 100 valence electrons. The third kappa shape index (κ3) is 2.66. The van der Waals surface area contributed by atoms with Gasteiger partial charge in [0, 0.05) is 23.2 Å². The molecule has 2 aromatic carbocycles. The number of benzene rings is 2. The van der Waals surface area contributed by atoms with Gasteiger partial charge in [-0.1, -0.05) is 11.6 Å². The Balaban J connectivity index is 1.96. The van der Waals surface area contributed by atoms with E-state index >= 15 is 0 Å². The molecule has 0 saturated carbocycles. The number of carbonyl (C=O) groups excluding carboxylic acids is 1. The van der Waals surface area contributed by atoms with E-state index in [1.54, 1.807) is 11.3 Å². The molecule has 1 amide bonds. The van der Waals surface area contributed by atoms with Crippen molar-refractivity contribution in [3.05, 3.63) is 47.5 Å². The Bertz CT molecular complexity index is 780. The summed E-state index contributed by atoms with van der Waals surface area (Å²) in [6.45, 7) is 1.49. The molecular weight excluding hydrogens is 292 g/mol. The summed E-state index contributed by atoms with van der Waals surface area (Å²) >= 11 is 7.59. The number of hydrogen-bond acceptors (Lipinski definition) is 3. The zero-order chi connectivity index (χ0) is 14.1. The van der Waals surface area contributed by atoms with E-state index in [4.69, 9.17) is 11.6 Å². The van der Waals surface area contributed by atoms with Crippen LogP contribution in [0, 0.1) is 0 Å². The fourth-order valence-corrected chi connectivity index (χ4v) is 3.04. The van der Waals surface area contributed by atoms with Crippen molar-refractivity contribution >= 4 is 44.7 Å². The van der Waals surface area contributed by atoms with Crippen LogP contribution in [0.3, 0.4) is 0 Å². The lowest BCUT2D eigenvalue weighted by Crippen LogP contribution is -2.05. The first-order valence-corrected chi connectivity index (χ1v) is 7.25. The Morgan fingerprint density at radius 1 is 1.20 bits per heavy atom. The van der Waals surface area contributed by atoms with Crippen molar-refractivity contribution in [3.8, 4) is 10.6 Å². The molecule has 0 aliphatic rings. The van der Waals surface area contributed by atoms with Crippen LogP contribution in [0.1, 0.15) is 6.92 Å². The van der Waals surface area contributed by atoms with E-state index in [0.29, 0.717) is 5.02 Å². The van der Waals surface area contributed by atoms with E-state index in [2.05, 4.69) is 10.3 Å². The summed E-state index contributed by atoms with van der Waals surface area (Å²) in [5.41, 5.74) is 2.71. The van der Waals surface area contributed by atoms with Gasteiger partial charge in [0.2, 0.25) is 5.91 Å². The zero-order valence-corrected chi connectivity index (χ0v) is 12.3. The maximum atomic E-state index is 11.0. The summed E-state index contributed by atoms with van der Waals surface area (Å²) in [7, 11) is 0. The molecule has 0 radical (unpaired) electrons. The average molecular weight is 303 g/mol. The molecule has 0 spiro atoms. The van der Waals surface area contributed by atoms with Crippen molar-refractivity contribution < 1.29 is 4.79 Å². The second kappa shape index (κ2) is 5.23. The topological polar surface area (TPSA) is 42.0 Å². The highest BCUT2D eigenvalue weighted by molar-refractivity contribution is 7.21. The largest absolute Gasteiger partial charge is 0.326 e. The lowest BCUT2D eigenvalue weighted by atomic mass is 10.2. The first-order chi connectivity index (χ1) is 9.61. The van der Waals surface area contributed by atoms with Crippen LogP contribution in [-0.2, 0) is 4.79 Å². The van der Waals surface area contributed by atoms with Gasteiger partial charge in [0.1, 0.15) is 5.01 Å². The van der Waals surface area contributed by atoms with Gasteiger partial charge in [-0.3, -0.25) is 4.79 Å². The Morgan fingerprint density at radius 3 is 2.65 bits per heavy atom. The zero-order valence-electron chi connectivity index (χ0n) is 10.7. The van der Waals surface area contributed by atoms with Crippen LogP contribution in [0.2, 0.25) is 5.02 Å². The molecule has 1 N–H and O–H groups in total. The standard InChI is InChI=1S/C15H11ClN2OS/c1-9(19)17-12-5-2-10(3-6-12)15-18-13-8-11(16)4-7-14(13)20-15/h2-8H,1H3,(H,17,19). The van der Waals surface area contributed by atoms with Crippen molar-refractivity contribution in [2.24, 2.45) is 0 Å². The van der Waals surface area contributed by atoms with Crippen LogP contribution in [0.15, 0.2) is 42.5 Å². The number of hydrogen-bond donors (Lipinski definition) is 1. The first-order valence-electron chi connectivity index (χ1n) is 6.06. The van der Waals surface area contributed by atoms with Gasteiger partial charge in [-0.25, -0.2) is 4.98 Å². The van der Waals surface area contributed by atoms with Crippen molar-refractivity contribution in [1.29, 1.82) is 0 Å². The highest BCUT2D eigenvalue weighted by atomic mass is 35.5. The number of carbonyl (C=O) groups is 1. The van der Waals surface area contributed by atoms with E-state index in [0.717, 1.165) is 26.5 Å². The van der Waals surface area contributed by atoms with Gasteiger partial charge in [0.05, 0.1) is 10.2 Å². The van der Waals surface area contributed by atoms with Crippen molar-refractivity contribution in [1.82, 2.24) is 4.98 Å². The van der Waals surface area contributed by atoms with Crippen molar-refractivity contribution in [2.45, 2.75) is 6.92 Å². The predicted molar refractivity (Wildman–Crippen MR) is 84.4 cm³/mol. The van der Waals surface area contributed by atoms with Crippen molar-refractivity contribution in [3.63, 3.8) is 0 Å². The minimum Gasteiger partial charge on any atom is -0.326 e. The fourth-order valence-electron chi connectivity index (χ4n) is 1.92. The van der Waals surface area contributed by atoms with E-state index < -0.39 is 0 Å². The lowest BCUT2D eigenvalue weighted by molar-refractivity contribution is -0.114. The van der Waals surface area contributed by atoms with Crippen LogP contribution >= 0.6 is 22.9 Å². The number of halogens is 1. The molecule has 20 heavy (non-hydrogen) atoms. The molecule has 0 fully saturated rings. The molecule has 0 aliphatic carbocycles. The number of fused-ring (bicyclic) bond motifs is 1. The summed E-state index contributed by atoms with van der Waals surface area (Å²) in [5.74, 6) is -0.0765. The van der Waals surface area contributed by atoms with E-state index in [9.17, 15) is 4.79 Å². The first kappa shape index (κ1) is 13.1. The van der Waals surface area contributed by atoms with Crippen LogP contribution in [0.4, 0.5) is 5.69 Å². The molecule has 0 aliphatic heterocycles. The molecular formula is C15H11ClN2OS. The maximum Gasteiger partial charge on any atom is 0.221 e. The summed E-state index contributed by atoms with van der Waals surface area (Å²) < 4.78 is 1.11. The van der Waals surface area contributed by atoms with E-state index in [-0.39, 0.29) is 5.91 Å². The average Bonchev–Trinajstić information content (AvgIpc) is 2.81. The van der Waals surface area contributed by atoms with Crippen LogP contribution < -0.4 is 5.32 Å². The Morgan fingerprint density at radius 2 is 1.95 bits per heavy atom. The van der Waals surface area contributed by atoms with Gasteiger partial charge in [-0.05, 0) is 42.5 Å². The summed E-state index contributed by atoms with van der Waals surface area (Å²) in [4.78, 5) is 15.6. The van der Waals surface area contributed by atoms with E-state index in [1.165, 1.54) is 6.92 Å². The number of nitrogens with one attached hydrogen (secondary N) is 1. The van der Waals surface area contributed by atoms with Gasteiger partial charge >= 0.3 is 0 Å². The monoisotopic (exact) mass is 302 g/mol. The number of anilines is 1. The summed E-state index contributed by atoms with van der Waals surface area (Å²) in [5, 5.41) is 4.38. The fraction of sp³-hybridized carbons (Fsp3) is 0.0667.